The van der Waals surface area contributed by atoms with Gasteiger partial charge in [0.1, 0.15) is 11.3 Å². The summed E-state index contributed by atoms with van der Waals surface area (Å²) in [6.07, 6.45) is 4.70. The Bertz CT molecular complexity index is 1440. The van der Waals surface area contributed by atoms with Crippen LogP contribution in [0.4, 0.5) is 5.82 Å². The molecule has 33 heavy (non-hydrogen) atoms. The van der Waals surface area contributed by atoms with Crippen LogP contribution < -0.4 is 10.5 Å². The van der Waals surface area contributed by atoms with Crippen molar-refractivity contribution < 1.29 is 0 Å². The summed E-state index contributed by atoms with van der Waals surface area (Å²) < 4.78 is 3.31. The van der Waals surface area contributed by atoms with Gasteiger partial charge in [0.25, 0.3) is 5.56 Å². The van der Waals surface area contributed by atoms with Crippen LogP contribution >= 0.6 is 35.1 Å². The molecule has 1 saturated heterocycles. The second-order valence-corrected chi connectivity index (χ2v) is 10.6. The first kappa shape index (κ1) is 21.1. The zero-order valence-electron chi connectivity index (χ0n) is 18.1. The minimum atomic E-state index is -0.174. The second kappa shape index (κ2) is 8.07. The van der Waals surface area contributed by atoms with Gasteiger partial charge >= 0.3 is 0 Å². The number of para-hydroxylation sites is 1. The molecule has 4 aromatic rings. The van der Waals surface area contributed by atoms with E-state index in [1.807, 2.05) is 48.3 Å². The van der Waals surface area contributed by atoms with Gasteiger partial charge in [-0.2, -0.15) is 5.10 Å². The van der Waals surface area contributed by atoms with Crippen molar-refractivity contribution in [2.75, 3.05) is 23.5 Å². The molecule has 10 heteroatoms. The van der Waals surface area contributed by atoms with Crippen molar-refractivity contribution in [2.45, 2.75) is 29.4 Å². The Hall–Kier alpha value is -2.49. The van der Waals surface area contributed by atoms with Crippen LogP contribution in [0.2, 0.25) is 5.02 Å². The minimum absolute atomic E-state index is 0.0987. The van der Waals surface area contributed by atoms with Crippen molar-refractivity contribution in [1.82, 2.24) is 24.1 Å². The first-order valence-corrected chi connectivity index (χ1v) is 13.3. The Morgan fingerprint density at radius 3 is 2.76 bits per heavy atom. The van der Waals surface area contributed by atoms with Crippen LogP contribution in [-0.2, 0) is 6.42 Å². The Balaban J connectivity index is 1.57. The van der Waals surface area contributed by atoms with Crippen molar-refractivity contribution in [2.24, 2.45) is 5.92 Å². The Labute approximate surface area is 204 Å². The highest BCUT2D eigenvalue weighted by Gasteiger charge is 2.43. The molecule has 0 spiro atoms. The Morgan fingerprint density at radius 2 is 2.00 bits per heavy atom. The highest BCUT2D eigenvalue weighted by atomic mass is 35.5. The molecule has 1 aromatic carbocycles. The number of hydrogen-bond donors (Lipinski definition) is 0. The normalized spacial score (nSPS) is 19.7. The minimum Gasteiger partial charge on any atom is -0.345 e. The third-order valence-electron chi connectivity index (χ3n) is 6.24. The molecular weight excluding hydrogens is 476 g/mol. The lowest BCUT2D eigenvalue weighted by Crippen LogP contribution is -2.51. The van der Waals surface area contributed by atoms with E-state index < -0.39 is 0 Å². The fourth-order valence-electron chi connectivity index (χ4n) is 4.69. The van der Waals surface area contributed by atoms with Crippen LogP contribution in [0.5, 0.6) is 0 Å². The van der Waals surface area contributed by atoms with Gasteiger partial charge < -0.3 is 4.90 Å². The molecule has 6 rings (SSSR count). The van der Waals surface area contributed by atoms with E-state index in [-0.39, 0.29) is 11.6 Å². The quantitative estimate of drug-likeness (QED) is 0.304. The number of fused-ring (bicyclic) bond motifs is 2. The second-order valence-electron chi connectivity index (χ2n) is 8.27. The molecule has 0 unspecified atom stereocenters. The summed E-state index contributed by atoms with van der Waals surface area (Å²) in [6, 6.07) is 11.3. The highest BCUT2D eigenvalue weighted by Crippen LogP contribution is 2.47. The number of rotatable bonds is 4. The molecule has 1 fully saturated rings. The molecule has 7 nitrogen and oxygen atoms in total. The topological polar surface area (TPSA) is 68.3 Å². The van der Waals surface area contributed by atoms with E-state index in [0.717, 1.165) is 46.0 Å². The molecule has 0 amide bonds. The van der Waals surface area contributed by atoms with Crippen molar-refractivity contribution in [3.05, 3.63) is 69.5 Å². The lowest BCUT2D eigenvalue weighted by molar-refractivity contribution is 0.297. The molecule has 2 aliphatic heterocycles. The SMILES string of the molecule is CSc1nc2c(c(N3C[C@H](C)[C@H]3c3nn4ccc(Cl)c4c(=O)n3-c3ccccc3)n1)SCC2. The molecule has 5 heterocycles. The van der Waals surface area contributed by atoms with Crippen LogP contribution in [0.15, 0.2) is 57.4 Å². The van der Waals surface area contributed by atoms with Crippen molar-refractivity contribution >= 4 is 46.5 Å². The Morgan fingerprint density at radius 1 is 1.18 bits per heavy atom. The summed E-state index contributed by atoms with van der Waals surface area (Å²) in [4.78, 5) is 26.7. The van der Waals surface area contributed by atoms with E-state index in [2.05, 4.69) is 11.8 Å². The highest BCUT2D eigenvalue weighted by molar-refractivity contribution is 7.99. The van der Waals surface area contributed by atoms with Gasteiger partial charge in [0.2, 0.25) is 0 Å². The summed E-state index contributed by atoms with van der Waals surface area (Å²) in [5, 5.41) is 6.10. The van der Waals surface area contributed by atoms with Crippen molar-refractivity contribution in [1.29, 1.82) is 0 Å². The number of aromatic nitrogens is 5. The van der Waals surface area contributed by atoms with Gasteiger partial charge in [-0.1, -0.05) is 48.5 Å². The number of thioether (sulfide) groups is 2. The average Bonchev–Trinajstić information content (AvgIpc) is 3.44. The third kappa shape index (κ3) is 3.28. The van der Waals surface area contributed by atoms with Gasteiger partial charge in [0.05, 0.1) is 27.3 Å². The largest absolute Gasteiger partial charge is 0.345 e. The number of halogens is 1. The first-order valence-electron chi connectivity index (χ1n) is 10.8. The summed E-state index contributed by atoms with van der Waals surface area (Å²) in [5.74, 6) is 2.95. The first-order chi connectivity index (χ1) is 16.1. The molecule has 0 N–H and O–H groups in total. The zero-order chi connectivity index (χ0) is 22.7. The van der Waals surface area contributed by atoms with Gasteiger partial charge in [-0.15, -0.1) is 11.8 Å². The zero-order valence-corrected chi connectivity index (χ0v) is 20.5. The van der Waals surface area contributed by atoms with E-state index in [1.165, 1.54) is 0 Å². The number of anilines is 1. The summed E-state index contributed by atoms with van der Waals surface area (Å²) in [7, 11) is 0. The molecule has 0 bridgehead atoms. The van der Waals surface area contributed by atoms with Gasteiger partial charge in [0.15, 0.2) is 11.0 Å². The third-order valence-corrected chi connectivity index (χ3v) is 8.21. The van der Waals surface area contributed by atoms with Gasteiger partial charge in [-0.05, 0) is 24.5 Å². The molecule has 0 saturated carbocycles. The number of aryl methyl sites for hydroxylation is 1. The monoisotopic (exact) mass is 496 g/mol. The van der Waals surface area contributed by atoms with Crippen LogP contribution in [0, 0.1) is 5.92 Å². The van der Waals surface area contributed by atoms with Crippen molar-refractivity contribution in [3.8, 4) is 5.69 Å². The van der Waals surface area contributed by atoms with Crippen LogP contribution in [-0.4, -0.2) is 42.7 Å². The lowest BCUT2D eigenvalue weighted by atomic mass is 9.89. The summed E-state index contributed by atoms with van der Waals surface area (Å²) in [6.45, 7) is 3.04. The summed E-state index contributed by atoms with van der Waals surface area (Å²) in [5.41, 5.74) is 2.10. The van der Waals surface area contributed by atoms with Crippen molar-refractivity contribution in [3.63, 3.8) is 0 Å². The smallest absolute Gasteiger partial charge is 0.284 e. The maximum absolute atomic E-state index is 13.7. The van der Waals surface area contributed by atoms with Crippen LogP contribution in [0.25, 0.3) is 11.2 Å². The van der Waals surface area contributed by atoms with E-state index >= 15 is 0 Å². The van der Waals surface area contributed by atoms with Gasteiger partial charge in [-0.3, -0.25) is 9.36 Å². The standard InChI is InChI=1S/C23H21ClN6OS2/c1-13-12-28(21-19-16(9-11-33-19)25-23(26-21)32-2)17(13)20-27-29-10-8-15(24)18(29)22(31)30(20)14-6-4-3-5-7-14/h3-8,10,13,17H,9,11-12H2,1-2H3/t13-,17-/m0/s1. The van der Waals surface area contributed by atoms with E-state index in [9.17, 15) is 4.79 Å². The number of nitrogens with zero attached hydrogens (tertiary/aromatic N) is 6. The number of benzene rings is 1. The maximum atomic E-state index is 13.7. The van der Waals surface area contributed by atoms with Crippen LogP contribution in [0.3, 0.4) is 0 Å². The van der Waals surface area contributed by atoms with E-state index in [0.29, 0.717) is 22.3 Å². The number of hydrogen-bond acceptors (Lipinski definition) is 7. The molecule has 2 aliphatic rings. The van der Waals surface area contributed by atoms with Gasteiger partial charge in [0, 0.05) is 30.8 Å². The fourth-order valence-corrected chi connectivity index (χ4v) is 6.39. The fraction of sp³-hybridized carbons (Fsp3) is 0.304. The predicted molar refractivity (Wildman–Crippen MR) is 133 cm³/mol. The summed E-state index contributed by atoms with van der Waals surface area (Å²) >= 11 is 9.73. The molecule has 0 aliphatic carbocycles. The van der Waals surface area contributed by atoms with Gasteiger partial charge in [-0.25, -0.2) is 14.5 Å². The maximum Gasteiger partial charge on any atom is 0.284 e. The molecule has 3 aromatic heterocycles. The predicted octanol–water partition coefficient (Wildman–Crippen LogP) is 4.50. The van der Waals surface area contributed by atoms with E-state index in [4.69, 9.17) is 26.7 Å². The van der Waals surface area contributed by atoms with Crippen LogP contribution in [0.1, 0.15) is 24.5 Å². The molecule has 168 valence electrons. The molecule has 0 radical (unpaired) electrons. The Kier molecular flexibility index (Phi) is 5.15. The van der Waals surface area contributed by atoms with E-state index in [1.54, 1.807) is 33.1 Å². The average molecular weight is 497 g/mol. The lowest BCUT2D eigenvalue weighted by Gasteiger charge is -2.47. The molecule has 2 atom stereocenters. The molecular formula is C23H21ClN6OS2.